The van der Waals surface area contributed by atoms with Gasteiger partial charge in [0.1, 0.15) is 0 Å². The molecule has 0 aliphatic carbocycles. The van der Waals surface area contributed by atoms with E-state index in [9.17, 15) is 0 Å². The van der Waals surface area contributed by atoms with Crippen molar-refractivity contribution in [2.24, 2.45) is 5.92 Å². The molecule has 0 rings (SSSR count). The molecule has 2 heteroatoms. The minimum absolute atomic E-state index is 0.571. The van der Waals surface area contributed by atoms with Gasteiger partial charge in [0.05, 0.1) is 5.94 Å². The highest BCUT2D eigenvalue weighted by Crippen LogP contribution is 2.22. The predicted octanol–water partition coefficient (Wildman–Crippen LogP) is 8.96. The molecule has 0 amide bonds. The third-order valence-corrected chi connectivity index (χ3v) is 5.88. The zero-order valence-electron chi connectivity index (χ0n) is 18.3. The van der Waals surface area contributed by atoms with E-state index in [1.165, 1.54) is 122 Å². The first-order valence-corrected chi connectivity index (χ1v) is 12.7. The van der Waals surface area contributed by atoms with E-state index >= 15 is 0 Å². The number of rotatable bonds is 22. The van der Waals surface area contributed by atoms with E-state index in [1.54, 1.807) is 0 Å². The lowest BCUT2D eigenvalue weighted by atomic mass is 9.92. The molecule has 0 radical (unpaired) electrons. The summed E-state index contributed by atoms with van der Waals surface area (Å²) in [5, 5.41) is 0. The van der Waals surface area contributed by atoms with Gasteiger partial charge in [0.15, 0.2) is 0 Å². The molecule has 0 aromatic carbocycles. The Bertz CT molecular complexity index is 244. The number of hydrogen-bond acceptors (Lipinski definition) is 2. The van der Waals surface area contributed by atoms with Crippen molar-refractivity contribution in [1.82, 2.24) is 0 Å². The van der Waals surface area contributed by atoms with E-state index in [2.05, 4.69) is 26.5 Å². The lowest BCUT2D eigenvalue weighted by Crippen LogP contribution is -2.06. The lowest BCUT2D eigenvalue weighted by Gasteiger charge is -2.17. The summed E-state index contributed by atoms with van der Waals surface area (Å²) in [4.78, 5) is 0. The molecule has 0 bridgehead atoms. The van der Waals surface area contributed by atoms with Crippen LogP contribution in [0.5, 0.6) is 0 Å². The van der Waals surface area contributed by atoms with E-state index in [-0.39, 0.29) is 0 Å². The van der Waals surface area contributed by atoms with E-state index in [4.69, 9.17) is 4.74 Å². The van der Waals surface area contributed by atoms with Crippen LogP contribution in [0.3, 0.4) is 0 Å². The maximum absolute atomic E-state index is 5.48. The van der Waals surface area contributed by atoms with Crippen LogP contribution in [0.4, 0.5) is 0 Å². The highest BCUT2D eigenvalue weighted by atomic mass is 32.1. The minimum Gasteiger partial charge on any atom is -0.371 e. The van der Waals surface area contributed by atoms with Gasteiger partial charge in [-0.05, 0) is 12.3 Å². The lowest BCUT2D eigenvalue weighted by molar-refractivity contribution is 0.158. The summed E-state index contributed by atoms with van der Waals surface area (Å²) < 4.78 is 5.48. The van der Waals surface area contributed by atoms with Gasteiger partial charge in [0.2, 0.25) is 0 Å². The molecule has 0 aliphatic heterocycles. The standard InChI is InChI=1S/C24H50OS/c1-3-5-7-9-10-11-12-13-14-16-18-20-24(21-22-25-23-26)19-17-15-8-6-4-2/h24,26H,3-23H2,1-2H3/t24-/m1/s1. The number of ether oxygens (including phenoxy) is 1. The Morgan fingerprint density at radius 2 is 0.923 bits per heavy atom. The van der Waals surface area contributed by atoms with E-state index < -0.39 is 0 Å². The van der Waals surface area contributed by atoms with Gasteiger partial charge in [0.25, 0.3) is 0 Å². The molecular weight excluding hydrogens is 336 g/mol. The molecule has 0 aromatic rings. The molecule has 0 fully saturated rings. The summed E-state index contributed by atoms with van der Waals surface area (Å²) in [5.41, 5.74) is 0. The van der Waals surface area contributed by atoms with Crippen LogP contribution in [-0.4, -0.2) is 12.5 Å². The van der Waals surface area contributed by atoms with Crippen molar-refractivity contribution < 1.29 is 4.74 Å². The van der Waals surface area contributed by atoms with Crippen LogP contribution in [0, 0.1) is 5.92 Å². The van der Waals surface area contributed by atoms with Gasteiger partial charge in [-0.25, -0.2) is 0 Å². The Kier molecular flexibility index (Phi) is 23.6. The number of thiol groups is 1. The SMILES string of the molecule is CCCCCCCCCCCCC[C@@H](CCCCCCC)CCOCS. The summed E-state index contributed by atoms with van der Waals surface area (Å²) in [6, 6.07) is 0. The van der Waals surface area contributed by atoms with Gasteiger partial charge in [-0.2, -0.15) is 12.6 Å². The fraction of sp³-hybridized carbons (Fsp3) is 1.00. The second-order valence-corrected chi connectivity index (χ2v) is 8.48. The molecule has 158 valence electrons. The fourth-order valence-corrected chi connectivity index (χ4v) is 4.01. The maximum Gasteiger partial charge on any atom is 0.0892 e. The van der Waals surface area contributed by atoms with Gasteiger partial charge in [-0.1, -0.05) is 129 Å². The van der Waals surface area contributed by atoms with Crippen molar-refractivity contribution in [2.75, 3.05) is 12.5 Å². The average molecular weight is 387 g/mol. The summed E-state index contributed by atoms with van der Waals surface area (Å²) in [6.07, 6.45) is 27.0. The molecule has 0 spiro atoms. The Balaban J connectivity index is 3.55. The van der Waals surface area contributed by atoms with Crippen molar-refractivity contribution in [3.63, 3.8) is 0 Å². The Hall–Kier alpha value is 0.310. The van der Waals surface area contributed by atoms with Crippen LogP contribution in [-0.2, 0) is 4.74 Å². The summed E-state index contributed by atoms with van der Waals surface area (Å²) in [6.45, 7) is 5.50. The molecular formula is C24H50OS. The van der Waals surface area contributed by atoms with Crippen LogP contribution in [0.25, 0.3) is 0 Å². The summed E-state index contributed by atoms with van der Waals surface area (Å²) in [7, 11) is 0. The molecule has 0 heterocycles. The zero-order valence-corrected chi connectivity index (χ0v) is 19.2. The predicted molar refractivity (Wildman–Crippen MR) is 122 cm³/mol. The van der Waals surface area contributed by atoms with Crippen molar-refractivity contribution in [1.29, 1.82) is 0 Å². The highest BCUT2D eigenvalue weighted by molar-refractivity contribution is 7.80. The van der Waals surface area contributed by atoms with E-state index in [1.807, 2.05) is 0 Å². The smallest absolute Gasteiger partial charge is 0.0892 e. The average Bonchev–Trinajstić information content (AvgIpc) is 2.65. The van der Waals surface area contributed by atoms with Gasteiger partial charge >= 0.3 is 0 Å². The van der Waals surface area contributed by atoms with Gasteiger partial charge in [-0.3, -0.25) is 0 Å². The quantitative estimate of drug-likeness (QED) is 0.111. The van der Waals surface area contributed by atoms with Crippen molar-refractivity contribution >= 4 is 12.6 Å². The van der Waals surface area contributed by atoms with Crippen LogP contribution in [0.15, 0.2) is 0 Å². The van der Waals surface area contributed by atoms with Crippen molar-refractivity contribution in [3.05, 3.63) is 0 Å². The third kappa shape index (κ3) is 20.6. The van der Waals surface area contributed by atoms with E-state index in [0.717, 1.165) is 12.5 Å². The normalized spacial score (nSPS) is 12.6. The second-order valence-electron chi connectivity index (χ2n) is 8.22. The monoisotopic (exact) mass is 386 g/mol. The van der Waals surface area contributed by atoms with Crippen LogP contribution in [0.1, 0.15) is 136 Å². The third-order valence-electron chi connectivity index (χ3n) is 5.69. The van der Waals surface area contributed by atoms with Gasteiger partial charge in [0, 0.05) is 6.61 Å². The summed E-state index contributed by atoms with van der Waals surface area (Å²) >= 11 is 4.16. The molecule has 0 aromatic heterocycles. The molecule has 1 nitrogen and oxygen atoms in total. The highest BCUT2D eigenvalue weighted by Gasteiger charge is 2.08. The van der Waals surface area contributed by atoms with Gasteiger partial charge < -0.3 is 4.74 Å². The first-order chi connectivity index (χ1) is 12.8. The molecule has 0 saturated carbocycles. The van der Waals surface area contributed by atoms with Crippen molar-refractivity contribution in [3.8, 4) is 0 Å². The van der Waals surface area contributed by atoms with Gasteiger partial charge in [-0.15, -0.1) is 0 Å². The van der Waals surface area contributed by atoms with Crippen LogP contribution < -0.4 is 0 Å². The number of hydrogen-bond donors (Lipinski definition) is 1. The molecule has 0 N–H and O–H groups in total. The second kappa shape index (κ2) is 23.3. The van der Waals surface area contributed by atoms with Crippen LogP contribution in [0.2, 0.25) is 0 Å². The molecule has 0 aliphatic rings. The number of unbranched alkanes of at least 4 members (excludes halogenated alkanes) is 14. The Morgan fingerprint density at radius 1 is 0.538 bits per heavy atom. The van der Waals surface area contributed by atoms with Crippen molar-refractivity contribution in [2.45, 2.75) is 136 Å². The topological polar surface area (TPSA) is 9.23 Å². The molecule has 26 heavy (non-hydrogen) atoms. The van der Waals surface area contributed by atoms with E-state index in [0.29, 0.717) is 5.94 Å². The Morgan fingerprint density at radius 3 is 1.31 bits per heavy atom. The molecule has 0 saturated heterocycles. The first kappa shape index (κ1) is 26.3. The Labute approximate surface area is 171 Å². The minimum atomic E-state index is 0.571. The summed E-state index contributed by atoms with van der Waals surface area (Å²) in [5.74, 6) is 1.46. The van der Waals surface area contributed by atoms with Crippen LogP contribution >= 0.6 is 12.6 Å². The molecule has 0 unspecified atom stereocenters. The zero-order chi connectivity index (χ0) is 19.1. The fourth-order valence-electron chi connectivity index (χ4n) is 3.88. The largest absolute Gasteiger partial charge is 0.371 e. The first-order valence-electron chi connectivity index (χ1n) is 12.0. The maximum atomic E-state index is 5.48. The molecule has 1 atom stereocenters.